The van der Waals surface area contributed by atoms with Crippen molar-refractivity contribution >= 4 is 22.9 Å². The Bertz CT molecular complexity index is 940. The van der Waals surface area contributed by atoms with Crippen molar-refractivity contribution in [1.82, 2.24) is 24.9 Å². The standard InChI is InChI=1S/C22H30N6S/c1-3-23-22(24-14-18-16-28-17(2)8-6-10-21(28)26-18)25-15-19(20-9-7-13-29-20)27-11-4-5-12-27/h6-10,13,16,19H,3-5,11-12,14-15H2,1-2H3,(H2,23,24,25). The minimum atomic E-state index is 0.402. The Balaban J connectivity index is 1.45. The highest BCUT2D eigenvalue weighted by molar-refractivity contribution is 7.10. The highest BCUT2D eigenvalue weighted by Gasteiger charge is 2.24. The summed E-state index contributed by atoms with van der Waals surface area (Å²) in [6, 6.07) is 11.0. The summed E-state index contributed by atoms with van der Waals surface area (Å²) in [7, 11) is 0. The molecule has 29 heavy (non-hydrogen) atoms. The summed E-state index contributed by atoms with van der Waals surface area (Å²) >= 11 is 1.84. The third kappa shape index (κ3) is 4.79. The molecule has 1 aliphatic rings. The number of nitrogens with zero attached hydrogens (tertiary/aromatic N) is 4. The minimum absolute atomic E-state index is 0.402. The number of thiophene rings is 1. The second-order valence-corrected chi connectivity index (χ2v) is 8.46. The first-order valence-corrected chi connectivity index (χ1v) is 11.4. The van der Waals surface area contributed by atoms with Crippen molar-refractivity contribution in [3.8, 4) is 0 Å². The van der Waals surface area contributed by atoms with E-state index in [2.05, 4.69) is 63.6 Å². The van der Waals surface area contributed by atoms with Crippen LogP contribution in [0.5, 0.6) is 0 Å². The zero-order valence-corrected chi connectivity index (χ0v) is 18.1. The summed E-state index contributed by atoms with van der Waals surface area (Å²) in [6.45, 7) is 8.81. The maximum absolute atomic E-state index is 4.79. The molecule has 7 heteroatoms. The molecule has 1 fully saturated rings. The molecule has 0 saturated carbocycles. The lowest BCUT2D eigenvalue weighted by atomic mass is 10.2. The first-order valence-electron chi connectivity index (χ1n) is 10.5. The molecule has 1 saturated heterocycles. The molecule has 1 unspecified atom stereocenters. The first kappa shape index (κ1) is 19.9. The summed E-state index contributed by atoms with van der Waals surface area (Å²) < 4.78 is 2.12. The quantitative estimate of drug-likeness (QED) is 0.462. The number of imidazole rings is 1. The molecule has 0 bridgehead atoms. The molecule has 3 aromatic rings. The molecule has 1 aliphatic heterocycles. The lowest BCUT2D eigenvalue weighted by molar-refractivity contribution is 0.249. The zero-order valence-electron chi connectivity index (χ0n) is 17.3. The lowest BCUT2D eigenvalue weighted by Gasteiger charge is -2.27. The Labute approximate surface area is 176 Å². The molecular formula is C22H30N6S. The van der Waals surface area contributed by atoms with Crippen LogP contribution in [0.2, 0.25) is 0 Å². The fraction of sp³-hybridized carbons (Fsp3) is 0.455. The number of aromatic nitrogens is 2. The van der Waals surface area contributed by atoms with E-state index in [0.29, 0.717) is 12.6 Å². The molecule has 0 spiro atoms. The van der Waals surface area contributed by atoms with Gasteiger partial charge in [0.05, 0.1) is 18.3 Å². The maximum Gasteiger partial charge on any atom is 0.191 e. The van der Waals surface area contributed by atoms with Crippen molar-refractivity contribution in [3.63, 3.8) is 0 Å². The van der Waals surface area contributed by atoms with Gasteiger partial charge in [0.25, 0.3) is 0 Å². The van der Waals surface area contributed by atoms with Crippen LogP contribution in [0.25, 0.3) is 5.65 Å². The van der Waals surface area contributed by atoms with Gasteiger partial charge >= 0.3 is 0 Å². The number of hydrogen-bond acceptors (Lipinski definition) is 4. The van der Waals surface area contributed by atoms with Crippen molar-refractivity contribution in [3.05, 3.63) is 58.2 Å². The Morgan fingerprint density at radius 1 is 1.21 bits per heavy atom. The van der Waals surface area contributed by atoms with Crippen LogP contribution in [0, 0.1) is 6.92 Å². The van der Waals surface area contributed by atoms with E-state index in [9.17, 15) is 0 Å². The van der Waals surface area contributed by atoms with Gasteiger partial charge in [-0.2, -0.15) is 0 Å². The third-order valence-corrected chi connectivity index (χ3v) is 6.38. The van der Waals surface area contributed by atoms with Gasteiger partial charge in [0, 0.05) is 29.9 Å². The Morgan fingerprint density at radius 2 is 2.07 bits per heavy atom. The van der Waals surface area contributed by atoms with Crippen molar-refractivity contribution in [2.24, 2.45) is 4.99 Å². The smallest absolute Gasteiger partial charge is 0.191 e. The minimum Gasteiger partial charge on any atom is -0.357 e. The Hall–Kier alpha value is -2.38. The number of nitrogens with one attached hydrogen (secondary N) is 2. The normalized spacial score (nSPS) is 16.4. The van der Waals surface area contributed by atoms with Gasteiger partial charge in [-0.3, -0.25) is 4.90 Å². The summed E-state index contributed by atoms with van der Waals surface area (Å²) in [5, 5.41) is 9.12. The SMILES string of the molecule is CCNC(=NCc1cn2c(C)cccc2n1)NCC(c1cccs1)N1CCCC1. The van der Waals surface area contributed by atoms with Gasteiger partial charge in [-0.05, 0) is 63.4 Å². The Morgan fingerprint density at radius 3 is 2.79 bits per heavy atom. The van der Waals surface area contributed by atoms with Gasteiger partial charge in [0.1, 0.15) is 5.65 Å². The van der Waals surface area contributed by atoms with Crippen molar-refractivity contribution < 1.29 is 0 Å². The van der Waals surface area contributed by atoms with Crippen LogP contribution in [-0.2, 0) is 6.54 Å². The average molecular weight is 411 g/mol. The molecule has 4 heterocycles. The van der Waals surface area contributed by atoms with Crippen LogP contribution in [0.15, 0.2) is 46.9 Å². The number of aliphatic imine (C=N–C) groups is 1. The second kappa shape index (κ2) is 9.41. The predicted octanol–water partition coefficient (Wildman–Crippen LogP) is 3.60. The molecule has 6 nitrogen and oxygen atoms in total. The molecule has 2 N–H and O–H groups in total. The molecule has 154 valence electrons. The highest BCUT2D eigenvalue weighted by atomic mass is 32.1. The summed E-state index contributed by atoms with van der Waals surface area (Å²) in [6.07, 6.45) is 4.67. The van der Waals surface area contributed by atoms with Gasteiger partial charge in [0.2, 0.25) is 0 Å². The van der Waals surface area contributed by atoms with E-state index < -0.39 is 0 Å². The van der Waals surface area contributed by atoms with Crippen LogP contribution in [0.3, 0.4) is 0 Å². The number of likely N-dealkylation sites (tertiary alicyclic amines) is 1. The van der Waals surface area contributed by atoms with Gasteiger partial charge in [-0.25, -0.2) is 9.98 Å². The second-order valence-electron chi connectivity index (χ2n) is 7.48. The van der Waals surface area contributed by atoms with Gasteiger partial charge in [-0.15, -0.1) is 11.3 Å². The summed E-state index contributed by atoms with van der Waals surface area (Å²) in [4.78, 5) is 13.5. The van der Waals surface area contributed by atoms with Crippen LogP contribution >= 0.6 is 11.3 Å². The summed E-state index contributed by atoms with van der Waals surface area (Å²) in [5.74, 6) is 0.849. The predicted molar refractivity (Wildman–Crippen MR) is 121 cm³/mol. The molecule has 1 atom stereocenters. The van der Waals surface area contributed by atoms with Gasteiger partial charge < -0.3 is 15.0 Å². The molecule has 0 aliphatic carbocycles. The highest BCUT2D eigenvalue weighted by Crippen LogP contribution is 2.27. The third-order valence-electron chi connectivity index (χ3n) is 5.41. The lowest BCUT2D eigenvalue weighted by Crippen LogP contribution is -2.42. The summed E-state index contributed by atoms with van der Waals surface area (Å²) in [5.41, 5.74) is 3.13. The first-order chi connectivity index (χ1) is 14.2. The molecule has 4 rings (SSSR count). The Kier molecular flexibility index (Phi) is 6.46. The number of pyridine rings is 1. The molecule has 0 radical (unpaired) electrons. The van der Waals surface area contributed by atoms with Crippen LogP contribution < -0.4 is 10.6 Å². The molecular weight excluding hydrogens is 380 g/mol. The number of aryl methyl sites for hydroxylation is 1. The molecule has 0 amide bonds. The average Bonchev–Trinajstić information content (AvgIpc) is 3.48. The van der Waals surface area contributed by atoms with E-state index in [0.717, 1.165) is 30.4 Å². The monoisotopic (exact) mass is 410 g/mol. The van der Waals surface area contributed by atoms with E-state index in [1.165, 1.54) is 36.5 Å². The molecule has 3 aromatic heterocycles. The van der Waals surface area contributed by atoms with E-state index in [4.69, 9.17) is 9.98 Å². The van der Waals surface area contributed by atoms with Gasteiger partial charge in [0.15, 0.2) is 5.96 Å². The largest absolute Gasteiger partial charge is 0.357 e. The fourth-order valence-corrected chi connectivity index (χ4v) is 4.77. The zero-order chi connectivity index (χ0) is 20.1. The fourth-order valence-electron chi connectivity index (χ4n) is 3.91. The number of hydrogen-bond donors (Lipinski definition) is 2. The number of guanidine groups is 1. The topological polar surface area (TPSA) is 57.0 Å². The maximum atomic E-state index is 4.79. The van der Waals surface area contributed by atoms with Crippen LogP contribution in [0.1, 0.15) is 42.1 Å². The molecule has 0 aromatic carbocycles. The van der Waals surface area contributed by atoms with E-state index in [-0.39, 0.29) is 0 Å². The van der Waals surface area contributed by atoms with E-state index in [1.54, 1.807) is 0 Å². The van der Waals surface area contributed by atoms with Crippen LogP contribution in [-0.4, -0.2) is 46.4 Å². The van der Waals surface area contributed by atoms with Crippen molar-refractivity contribution in [1.29, 1.82) is 0 Å². The van der Waals surface area contributed by atoms with E-state index >= 15 is 0 Å². The van der Waals surface area contributed by atoms with E-state index in [1.807, 2.05) is 23.5 Å². The van der Waals surface area contributed by atoms with Crippen molar-refractivity contribution in [2.75, 3.05) is 26.2 Å². The number of rotatable bonds is 7. The number of fused-ring (bicyclic) bond motifs is 1. The van der Waals surface area contributed by atoms with Crippen LogP contribution in [0.4, 0.5) is 0 Å². The van der Waals surface area contributed by atoms with Gasteiger partial charge in [-0.1, -0.05) is 12.1 Å². The van der Waals surface area contributed by atoms with Crippen molar-refractivity contribution in [2.45, 2.75) is 39.3 Å².